The number of rotatable bonds is 2. The van der Waals surface area contributed by atoms with E-state index in [2.05, 4.69) is 0 Å². The molecule has 1 aromatic carbocycles. The molecule has 0 aromatic heterocycles. The molecule has 0 bridgehead atoms. The van der Waals surface area contributed by atoms with Crippen LogP contribution in [0.3, 0.4) is 0 Å². The summed E-state index contributed by atoms with van der Waals surface area (Å²) in [5.41, 5.74) is 1.62. The van der Waals surface area contributed by atoms with Gasteiger partial charge in [0.2, 0.25) is 0 Å². The molecule has 1 fully saturated rings. The zero-order valence-electron chi connectivity index (χ0n) is 10.3. The van der Waals surface area contributed by atoms with Crippen molar-refractivity contribution in [3.63, 3.8) is 0 Å². The minimum absolute atomic E-state index is 0.0372. The Morgan fingerprint density at radius 1 is 1.42 bits per heavy atom. The van der Waals surface area contributed by atoms with Crippen LogP contribution in [-0.2, 0) is 16.3 Å². The summed E-state index contributed by atoms with van der Waals surface area (Å²) in [5, 5.41) is 11.0. The number of aliphatic hydroxyl groups is 1. The fraction of sp³-hybridized carbons (Fsp3) is 0.538. The third kappa shape index (κ3) is 2.47. The molecule has 1 N–H and O–H groups in total. The van der Waals surface area contributed by atoms with Crippen molar-refractivity contribution < 1.29 is 18.3 Å². The van der Waals surface area contributed by atoms with Gasteiger partial charge in [-0.25, -0.2) is 8.42 Å². The van der Waals surface area contributed by atoms with Crippen LogP contribution in [0.4, 0.5) is 0 Å². The molecule has 1 saturated heterocycles. The third-order valence-corrected chi connectivity index (χ3v) is 5.82. The molecule has 0 amide bonds. The maximum Gasteiger partial charge on any atom is 0.150 e. The summed E-state index contributed by atoms with van der Waals surface area (Å²) in [7, 11) is -3.01. The van der Waals surface area contributed by atoms with Crippen LogP contribution in [0.1, 0.15) is 23.7 Å². The molecule has 19 heavy (non-hydrogen) atoms. The van der Waals surface area contributed by atoms with Gasteiger partial charge in [0.1, 0.15) is 5.75 Å². The molecular formula is C13H15ClO4S. The number of aliphatic hydroxyl groups excluding tert-OH is 1. The number of fused-ring (bicyclic) bond motifs is 1. The number of halogens is 1. The first-order valence-electron chi connectivity index (χ1n) is 6.30. The summed E-state index contributed by atoms with van der Waals surface area (Å²) < 4.78 is 28.6. The lowest BCUT2D eigenvalue weighted by Gasteiger charge is -2.19. The molecule has 0 spiro atoms. The quantitative estimate of drug-likeness (QED) is 0.904. The number of sulfone groups is 1. The maximum absolute atomic E-state index is 11.5. The Bertz CT molecular complexity index is 611. The molecule has 0 radical (unpaired) electrons. The molecule has 104 valence electrons. The summed E-state index contributed by atoms with van der Waals surface area (Å²) in [6.45, 7) is 0.582. The molecule has 2 atom stereocenters. The van der Waals surface area contributed by atoms with Gasteiger partial charge in [0, 0.05) is 22.9 Å². The lowest BCUT2D eigenvalue weighted by molar-refractivity contribution is 0.117. The average molecular weight is 303 g/mol. The van der Waals surface area contributed by atoms with Gasteiger partial charge in [-0.3, -0.25) is 0 Å². The molecular weight excluding hydrogens is 288 g/mol. The largest absolute Gasteiger partial charge is 0.493 e. The zero-order chi connectivity index (χ0) is 13.6. The average Bonchev–Trinajstić information content (AvgIpc) is 2.93. The van der Waals surface area contributed by atoms with Crippen LogP contribution in [0.25, 0.3) is 0 Å². The zero-order valence-corrected chi connectivity index (χ0v) is 11.9. The Hall–Kier alpha value is -0.780. The van der Waals surface area contributed by atoms with E-state index in [9.17, 15) is 13.5 Å². The van der Waals surface area contributed by atoms with Gasteiger partial charge in [-0.1, -0.05) is 11.6 Å². The third-order valence-electron chi connectivity index (χ3n) is 3.81. The lowest BCUT2D eigenvalue weighted by Crippen LogP contribution is -2.15. The summed E-state index contributed by atoms with van der Waals surface area (Å²) in [5.74, 6) is 0.603. The minimum atomic E-state index is -3.01. The van der Waals surface area contributed by atoms with Crippen molar-refractivity contribution in [2.45, 2.75) is 18.9 Å². The van der Waals surface area contributed by atoms with Gasteiger partial charge < -0.3 is 9.84 Å². The molecule has 0 saturated carbocycles. The number of ether oxygens (including phenoxy) is 1. The Morgan fingerprint density at radius 2 is 2.21 bits per heavy atom. The molecule has 2 unspecified atom stereocenters. The monoisotopic (exact) mass is 302 g/mol. The van der Waals surface area contributed by atoms with E-state index in [1.807, 2.05) is 6.07 Å². The predicted octanol–water partition coefficient (Wildman–Crippen LogP) is 1.74. The lowest BCUT2D eigenvalue weighted by atomic mass is 9.93. The van der Waals surface area contributed by atoms with E-state index < -0.39 is 15.9 Å². The number of hydrogen-bond donors (Lipinski definition) is 1. The highest BCUT2D eigenvalue weighted by atomic mass is 35.5. The molecule has 4 nitrogen and oxygen atoms in total. The highest BCUT2D eigenvalue weighted by Gasteiger charge is 2.35. The van der Waals surface area contributed by atoms with Crippen molar-refractivity contribution in [1.82, 2.24) is 0 Å². The second kappa shape index (κ2) is 4.65. The van der Waals surface area contributed by atoms with Gasteiger partial charge in [-0.2, -0.15) is 0 Å². The normalized spacial score (nSPS) is 25.9. The van der Waals surface area contributed by atoms with Crippen molar-refractivity contribution in [3.05, 3.63) is 28.3 Å². The van der Waals surface area contributed by atoms with Crippen molar-refractivity contribution in [1.29, 1.82) is 0 Å². The first-order valence-corrected chi connectivity index (χ1v) is 8.50. The molecule has 6 heteroatoms. The van der Waals surface area contributed by atoms with Crippen molar-refractivity contribution in [2.24, 2.45) is 5.92 Å². The Morgan fingerprint density at radius 3 is 2.89 bits per heavy atom. The molecule has 2 aliphatic rings. The fourth-order valence-corrected chi connectivity index (χ4v) is 4.92. The molecule has 2 aliphatic heterocycles. The smallest absolute Gasteiger partial charge is 0.150 e. The highest BCUT2D eigenvalue weighted by molar-refractivity contribution is 7.91. The first kappa shape index (κ1) is 13.2. The van der Waals surface area contributed by atoms with E-state index in [1.54, 1.807) is 6.07 Å². The highest BCUT2D eigenvalue weighted by Crippen LogP contribution is 2.41. The van der Waals surface area contributed by atoms with E-state index in [0.717, 1.165) is 12.0 Å². The van der Waals surface area contributed by atoms with Gasteiger partial charge in [0.15, 0.2) is 9.84 Å². The SMILES string of the molecule is O=S1(=O)CCC(C(O)c2cc(Cl)cc3c2OCC3)C1. The maximum atomic E-state index is 11.5. The van der Waals surface area contributed by atoms with E-state index in [0.29, 0.717) is 29.4 Å². The predicted molar refractivity (Wildman–Crippen MR) is 72.4 cm³/mol. The summed E-state index contributed by atoms with van der Waals surface area (Å²) in [6, 6.07) is 3.52. The van der Waals surface area contributed by atoms with Gasteiger partial charge in [0.05, 0.1) is 24.2 Å². The molecule has 2 heterocycles. The van der Waals surface area contributed by atoms with Gasteiger partial charge in [-0.05, 0) is 24.1 Å². The van der Waals surface area contributed by atoms with Gasteiger partial charge in [0.25, 0.3) is 0 Å². The van der Waals surface area contributed by atoms with Crippen LogP contribution < -0.4 is 4.74 Å². The van der Waals surface area contributed by atoms with Crippen molar-refractivity contribution in [2.75, 3.05) is 18.1 Å². The van der Waals surface area contributed by atoms with E-state index in [-0.39, 0.29) is 17.4 Å². The standard InChI is InChI=1S/C13H15ClO4S/c14-10-5-8-1-3-18-13(8)11(6-10)12(15)9-2-4-19(16,17)7-9/h5-6,9,12,15H,1-4,7H2. The summed E-state index contributed by atoms with van der Waals surface area (Å²) in [4.78, 5) is 0. The first-order chi connectivity index (χ1) is 8.96. The van der Waals surface area contributed by atoms with Crippen molar-refractivity contribution >= 4 is 21.4 Å². The Kier molecular flexibility index (Phi) is 3.23. The van der Waals surface area contributed by atoms with Crippen LogP contribution >= 0.6 is 11.6 Å². The summed E-state index contributed by atoms with van der Waals surface area (Å²) in [6.07, 6.45) is 0.437. The fourth-order valence-electron chi connectivity index (χ4n) is 2.84. The van der Waals surface area contributed by atoms with Crippen molar-refractivity contribution in [3.8, 4) is 5.75 Å². The molecule has 3 rings (SSSR count). The second-order valence-corrected chi connectivity index (χ2v) is 7.85. The van der Waals surface area contributed by atoms with Crippen LogP contribution in [0.2, 0.25) is 5.02 Å². The van der Waals surface area contributed by atoms with E-state index in [4.69, 9.17) is 16.3 Å². The van der Waals surface area contributed by atoms with Crippen LogP contribution in [0, 0.1) is 5.92 Å². The topological polar surface area (TPSA) is 63.6 Å². The van der Waals surface area contributed by atoms with Crippen LogP contribution in [0.15, 0.2) is 12.1 Å². The Labute approximate surface area is 117 Å². The summed E-state index contributed by atoms with van der Waals surface area (Å²) >= 11 is 6.05. The van der Waals surface area contributed by atoms with Crippen LogP contribution in [-0.4, -0.2) is 31.6 Å². The van der Waals surface area contributed by atoms with E-state index >= 15 is 0 Å². The molecule has 0 aliphatic carbocycles. The second-order valence-electron chi connectivity index (χ2n) is 5.19. The van der Waals surface area contributed by atoms with Gasteiger partial charge >= 0.3 is 0 Å². The van der Waals surface area contributed by atoms with E-state index in [1.165, 1.54) is 0 Å². The number of benzene rings is 1. The number of hydrogen-bond acceptors (Lipinski definition) is 4. The minimum Gasteiger partial charge on any atom is -0.493 e. The van der Waals surface area contributed by atoms with Crippen LogP contribution in [0.5, 0.6) is 5.75 Å². The molecule has 1 aromatic rings. The van der Waals surface area contributed by atoms with Gasteiger partial charge in [-0.15, -0.1) is 0 Å². The Balaban J connectivity index is 1.94.